The molecule has 0 amide bonds. The molecule has 0 saturated heterocycles. The summed E-state index contributed by atoms with van der Waals surface area (Å²) in [6.07, 6.45) is 3.41. The topological polar surface area (TPSA) is 83.0 Å². The van der Waals surface area contributed by atoms with Crippen LogP contribution in [0.2, 0.25) is 10.0 Å². The first-order chi connectivity index (χ1) is 12.1. The van der Waals surface area contributed by atoms with E-state index in [1.54, 1.807) is 24.5 Å². The van der Waals surface area contributed by atoms with Crippen LogP contribution in [0.1, 0.15) is 6.92 Å². The van der Waals surface area contributed by atoms with Gasteiger partial charge in [0.15, 0.2) is 5.75 Å². The number of rotatable bonds is 5. The largest absolute Gasteiger partial charge is 0.505 e. The summed E-state index contributed by atoms with van der Waals surface area (Å²) in [5, 5.41) is 16.2. The van der Waals surface area contributed by atoms with Gasteiger partial charge in [-0.2, -0.15) is 4.98 Å². The number of pyridine rings is 1. The Morgan fingerprint density at radius 3 is 2.36 bits per heavy atom. The average Bonchev–Trinajstić information content (AvgIpc) is 2.60. The van der Waals surface area contributed by atoms with Gasteiger partial charge in [0, 0.05) is 36.3 Å². The highest BCUT2D eigenvalue weighted by atomic mass is 35.5. The summed E-state index contributed by atoms with van der Waals surface area (Å²) in [4.78, 5) is 12.9. The molecule has 0 bridgehead atoms. The molecule has 0 aliphatic carbocycles. The number of benzene rings is 1. The Kier molecular flexibility index (Phi) is 5.21. The quantitative estimate of drug-likeness (QED) is 0.559. The molecule has 3 N–H and O–H groups in total. The number of phenols is 1. The number of hydrogen-bond acceptors (Lipinski definition) is 6. The van der Waals surface area contributed by atoms with Crippen LogP contribution < -0.4 is 10.6 Å². The monoisotopic (exact) mass is 375 g/mol. The zero-order chi connectivity index (χ0) is 17.8. The zero-order valence-corrected chi connectivity index (χ0v) is 14.8. The van der Waals surface area contributed by atoms with Crippen molar-refractivity contribution in [3.63, 3.8) is 0 Å². The number of halogens is 2. The molecule has 128 valence electrons. The normalized spacial score (nSPS) is 10.5. The maximum atomic E-state index is 9.67. The van der Waals surface area contributed by atoms with E-state index in [9.17, 15) is 5.11 Å². The van der Waals surface area contributed by atoms with Gasteiger partial charge in [0.1, 0.15) is 5.82 Å². The summed E-state index contributed by atoms with van der Waals surface area (Å²) in [6, 6.07) is 8.70. The number of aromatic hydroxyl groups is 1. The molecule has 0 fully saturated rings. The van der Waals surface area contributed by atoms with Gasteiger partial charge in [-0.15, -0.1) is 0 Å². The van der Waals surface area contributed by atoms with Gasteiger partial charge in [-0.25, -0.2) is 4.98 Å². The van der Waals surface area contributed by atoms with E-state index in [1.807, 2.05) is 25.1 Å². The second-order valence-corrected chi connectivity index (χ2v) is 5.96. The van der Waals surface area contributed by atoms with Crippen molar-refractivity contribution in [2.75, 3.05) is 17.2 Å². The highest BCUT2D eigenvalue weighted by Crippen LogP contribution is 2.35. The van der Waals surface area contributed by atoms with Gasteiger partial charge in [-0.1, -0.05) is 23.2 Å². The summed E-state index contributed by atoms with van der Waals surface area (Å²) in [5.41, 5.74) is 2.27. The van der Waals surface area contributed by atoms with Gasteiger partial charge in [0.05, 0.1) is 15.7 Å². The molecule has 0 spiro atoms. The molecule has 1 aromatic carbocycles. The van der Waals surface area contributed by atoms with E-state index in [2.05, 4.69) is 25.6 Å². The second-order valence-electron chi connectivity index (χ2n) is 5.14. The number of nitrogens with zero attached hydrogens (tertiary/aromatic N) is 3. The van der Waals surface area contributed by atoms with E-state index in [4.69, 9.17) is 23.2 Å². The Morgan fingerprint density at radius 1 is 1.04 bits per heavy atom. The van der Waals surface area contributed by atoms with Crippen LogP contribution in [0, 0.1) is 0 Å². The zero-order valence-electron chi connectivity index (χ0n) is 13.3. The highest BCUT2D eigenvalue weighted by molar-refractivity contribution is 6.37. The first kappa shape index (κ1) is 17.3. The van der Waals surface area contributed by atoms with Crippen molar-refractivity contribution in [1.29, 1.82) is 0 Å². The van der Waals surface area contributed by atoms with Gasteiger partial charge in [-0.3, -0.25) is 4.98 Å². The predicted molar refractivity (Wildman–Crippen MR) is 101 cm³/mol. The number of phenolic OH excluding ortho intramolecular Hbond substituents is 1. The van der Waals surface area contributed by atoms with Crippen molar-refractivity contribution < 1.29 is 5.11 Å². The molecule has 3 rings (SSSR count). The number of nitrogens with one attached hydrogen (secondary N) is 2. The third-order valence-electron chi connectivity index (χ3n) is 3.33. The third kappa shape index (κ3) is 4.10. The summed E-state index contributed by atoms with van der Waals surface area (Å²) in [7, 11) is 0. The van der Waals surface area contributed by atoms with Crippen molar-refractivity contribution in [3.8, 4) is 17.0 Å². The van der Waals surface area contributed by atoms with Crippen molar-refractivity contribution in [3.05, 3.63) is 52.8 Å². The number of anilines is 3. The molecule has 25 heavy (non-hydrogen) atoms. The Balaban J connectivity index is 1.99. The number of aromatic nitrogens is 3. The number of hydrogen-bond donors (Lipinski definition) is 3. The van der Waals surface area contributed by atoms with Crippen LogP contribution in [-0.2, 0) is 0 Å². The molecule has 0 saturated carbocycles. The van der Waals surface area contributed by atoms with Gasteiger partial charge in [0.25, 0.3) is 0 Å². The van der Waals surface area contributed by atoms with E-state index in [0.29, 0.717) is 24.0 Å². The molecular formula is C17H15Cl2N5O. The van der Waals surface area contributed by atoms with Crippen LogP contribution in [0.4, 0.5) is 17.5 Å². The fourth-order valence-electron chi connectivity index (χ4n) is 2.20. The minimum atomic E-state index is -0.151. The van der Waals surface area contributed by atoms with Crippen molar-refractivity contribution in [2.24, 2.45) is 0 Å². The predicted octanol–water partition coefficient (Wildman–Crippen LogP) is 4.73. The molecule has 0 radical (unpaired) electrons. The van der Waals surface area contributed by atoms with Crippen LogP contribution in [-0.4, -0.2) is 26.6 Å². The lowest BCUT2D eigenvalue weighted by Gasteiger charge is -2.12. The highest BCUT2D eigenvalue weighted by Gasteiger charge is 2.10. The van der Waals surface area contributed by atoms with E-state index in [-0.39, 0.29) is 15.8 Å². The lowest BCUT2D eigenvalue weighted by molar-refractivity contribution is 0.476. The van der Waals surface area contributed by atoms with Gasteiger partial charge < -0.3 is 15.7 Å². The molecule has 0 atom stereocenters. The van der Waals surface area contributed by atoms with Gasteiger partial charge >= 0.3 is 0 Å². The minimum Gasteiger partial charge on any atom is -0.505 e. The van der Waals surface area contributed by atoms with E-state index >= 15 is 0 Å². The van der Waals surface area contributed by atoms with Crippen LogP contribution in [0.5, 0.6) is 5.75 Å². The van der Waals surface area contributed by atoms with E-state index in [0.717, 1.165) is 11.3 Å². The Hall–Kier alpha value is -2.57. The first-order valence-corrected chi connectivity index (χ1v) is 8.31. The fourth-order valence-corrected chi connectivity index (χ4v) is 2.69. The fraction of sp³-hybridized carbons (Fsp3) is 0.118. The molecule has 8 heteroatoms. The second kappa shape index (κ2) is 7.55. The molecule has 3 aromatic rings. The smallest absolute Gasteiger partial charge is 0.225 e. The minimum absolute atomic E-state index is 0.151. The van der Waals surface area contributed by atoms with E-state index < -0.39 is 0 Å². The van der Waals surface area contributed by atoms with Crippen LogP contribution in [0.25, 0.3) is 11.3 Å². The Morgan fingerprint density at radius 2 is 1.72 bits per heavy atom. The summed E-state index contributed by atoms with van der Waals surface area (Å²) in [5.74, 6) is 0.910. The molecule has 6 nitrogen and oxygen atoms in total. The van der Waals surface area contributed by atoms with Crippen LogP contribution in [0.3, 0.4) is 0 Å². The van der Waals surface area contributed by atoms with Crippen molar-refractivity contribution >= 4 is 40.7 Å². The molecule has 0 unspecified atom stereocenters. The molecule has 2 aromatic heterocycles. The molecular weight excluding hydrogens is 361 g/mol. The molecule has 0 aliphatic rings. The first-order valence-electron chi connectivity index (χ1n) is 7.55. The summed E-state index contributed by atoms with van der Waals surface area (Å²) < 4.78 is 0. The van der Waals surface area contributed by atoms with Crippen molar-refractivity contribution in [2.45, 2.75) is 6.92 Å². The molecule has 2 heterocycles. The van der Waals surface area contributed by atoms with E-state index in [1.165, 1.54) is 0 Å². The maximum absolute atomic E-state index is 9.67. The molecule has 0 aliphatic heterocycles. The Bertz CT molecular complexity index is 866. The summed E-state index contributed by atoms with van der Waals surface area (Å²) in [6.45, 7) is 2.66. The van der Waals surface area contributed by atoms with Crippen LogP contribution >= 0.6 is 23.2 Å². The van der Waals surface area contributed by atoms with Crippen LogP contribution in [0.15, 0.2) is 42.7 Å². The van der Waals surface area contributed by atoms with Crippen molar-refractivity contribution in [1.82, 2.24) is 15.0 Å². The Labute approximate surface area is 154 Å². The summed E-state index contributed by atoms with van der Waals surface area (Å²) >= 11 is 11.9. The standard InChI is InChI=1S/C17H15Cl2N5O/c1-2-21-17-23-14(10-3-5-20-6-4-10)9-15(24-17)22-11-7-12(18)16(25)13(19)8-11/h3-9,25H,2H2,1H3,(H2,21,22,23,24). The lowest BCUT2D eigenvalue weighted by Crippen LogP contribution is -2.05. The maximum Gasteiger partial charge on any atom is 0.225 e. The third-order valence-corrected chi connectivity index (χ3v) is 3.90. The van der Waals surface area contributed by atoms with Gasteiger partial charge in [0.2, 0.25) is 5.95 Å². The lowest BCUT2D eigenvalue weighted by atomic mass is 10.2. The SMILES string of the molecule is CCNc1nc(Nc2cc(Cl)c(O)c(Cl)c2)cc(-c2ccncc2)n1. The average molecular weight is 376 g/mol. The van der Waals surface area contributed by atoms with Gasteiger partial charge in [-0.05, 0) is 31.2 Å².